The highest BCUT2D eigenvalue weighted by molar-refractivity contribution is 6.31. The van der Waals surface area contributed by atoms with Crippen molar-refractivity contribution in [2.45, 2.75) is 39.3 Å². The van der Waals surface area contributed by atoms with Crippen molar-refractivity contribution in [1.82, 2.24) is 14.7 Å². The van der Waals surface area contributed by atoms with Gasteiger partial charge in [-0.15, -0.1) is 0 Å². The molecule has 24 heavy (non-hydrogen) atoms. The van der Waals surface area contributed by atoms with E-state index in [2.05, 4.69) is 12.0 Å². The summed E-state index contributed by atoms with van der Waals surface area (Å²) in [5.41, 5.74) is 1.41. The van der Waals surface area contributed by atoms with Gasteiger partial charge in [-0.3, -0.25) is 9.48 Å². The van der Waals surface area contributed by atoms with E-state index >= 15 is 0 Å². The highest BCUT2D eigenvalue weighted by Crippen LogP contribution is 2.22. The third kappa shape index (κ3) is 4.15. The second kappa shape index (κ2) is 8.30. The number of carbonyl (C=O) groups is 2. The van der Waals surface area contributed by atoms with E-state index in [0.29, 0.717) is 17.3 Å². The van der Waals surface area contributed by atoms with Crippen LogP contribution in [-0.4, -0.2) is 57.5 Å². The van der Waals surface area contributed by atoms with Gasteiger partial charge in [0.1, 0.15) is 5.15 Å². The Morgan fingerprint density at radius 2 is 2.25 bits per heavy atom. The fourth-order valence-corrected chi connectivity index (χ4v) is 2.86. The molecule has 1 aromatic rings. The van der Waals surface area contributed by atoms with Crippen LogP contribution in [0.2, 0.25) is 5.15 Å². The molecule has 1 aliphatic heterocycles. The van der Waals surface area contributed by atoms with Gasteiger partial charge in [-0.1, -0.05) is 24.9 Å². The zero-order chi connectivity index (χ0) is 17.7. The number of carboxylic acids is 1. The Morgan fingerprint density at radius 1 is 1.50 bits per heavy atom. The first-order chi connectivity index (χ1) is 11.5. The molecule has 1 amide bonds. The maximum atomic E-state index is 12.3. The third-order valence-corrected chi connectivity index (χ3v) is 4.32. The van der Waals surface area contributed by atoms with E-state index in [9.17, 15) is 14.7 Å². The Morgan fingerprint density at radius 3 is 2.92 bits per heavy atom. The maximum absolute atomic E-state index is 12.3. The van der Waals surface area contributed by atoms with E-state index in [-0.39, 0.29) is 19.1 Å². The highest BCUT2D eigenvalue weighted by atomic mass is 35.5. The quantitative estimate of drug-likeness (QED) is 0.788. The fourth-order valence-electron chi connectivity index (χ4n) is 2.53. The van der Waals surface area contributed by atoms with E-state index in [1.54, 1.807) is 10.8 Å². The van der Waals surface area contributed by atoms with Crippen molar-refractivity contribution in [3.8, 4) is 0 Å². The van der Waals surface area contributed by atoms with Crippen molar-refractivity contribution in [3.05, 3.63) is 22.5 Å². The number of morpholine rings is 1. The van der Waals surface area contributed by atoms with Crippen molar-refractivity contribution >= 4 is 29.6 Å². The second-order valence-electron chi connectivity index (χ2n) is 5.66. The zero-order valence-corrected chi connectivity index (χ0v) is 14.6. The molecule has 1 unspecified atom stereocenters. The summed E-state index contributed by atoms with van der Waals surface area (Å²) in [4.78, 5) is 24.9. The van der Waals surface area contributed by atoms with Crippen LogP contribution in [0.15, 0.2) is 6.08 Å². The molecule has 0 aromatic carbocycles. The van der Waals surface area contributed by atoms with E-state index in [0.717, 1.165) is 25.1 Å². The minimum absolute atomic E-state index is 0.00362. The summed E-state index contributed by atoms with van der Waals surface area (Å²) in [5, 5.41) is 14.0. The first-order valence-corrected chi connectivity index (χ1v) is 8.35. The number of nitrogens with zero attached hydrogens (tertiary/aromatic N) is 3. The monoisotopic (exact) mass is 355 g/mol. The van der Waals surface area contributed by atoms with Gasteiger partial charge < -0.3 is 14.7 Å². The van der Waals surface area contributed by atoms with E-state index < -0.39 is 12.0 Å². The van der Waals surface area contributed by atoms with Gasteiger partial charge in [0.2, 0.25) is 5.91 Å². The van der Waals surface area contributed by atoms with Crippen molar-refractivity contribution in [3.63, 3.8) is 0 Å². The molecule has 1 aliphatic rings. The molecule has 0 spiro atoms. The summed E-state index contributed by atoms with van der Waals surface area (Å²) in [6, 6.07) is -0.959. The number of aliphatic carboxylic acids is 1. The largest absolute Gasteiger partial charge is 0.480 e. The second-order valence-corrected chi connectivity index (χ2v) is 6.02. The molecule has 0 radical (unpaired) electrons. The minimum Gasteiger partial charge on any atom is -0.480 e. The van der Waals surface area contributed by atoms with Crippen molar-refractivity contribution in [1.29, 1.82) is 0 Å². The van der Waals surface area contributed by atoms with Gasteiger partial charge in [-0.05, 0) is 19.4 Å². The molecule has 1 saturated heterocycles. The number of ether oxygens (including phenoxy) is 1. The lowest BCUT2D eigenvalue weighted by Crippen LogP contribution is -2.52. The average Bonchev–Trinajstić information content (AvgIpc) is 2.84. The molecule has 1 fully saturated rings. The number of aryl methyl sites for hydroxylation is 2. The van der Waals surface area contributed by atoms with E-state index in [4.69, 9.17) is 16.3 Å². The Kier molecular flexibility index (Phi) is 6.39. The first kappa shape index (κ1) is 18.5. The van der Waals surface area contributed by atoms with Gasteiger partial charge in [0.05, 0.1) is 18.9 Å². The van der Waals surface area contributed by atoms with Gasteiger partial charge in [-0.2, -0.15) is 5.10 Å². The molecular weight excluding hydrogens is 334 g/mol. The minimum atomic E-state index is -1.07. The number of rotatable bonds is 6. The lowest BCUT2D eigenvalue weighted by molar-refractivity contribution is -0.156. The zero-order valence-electron chi connectivity index (χ0n) is 13.9. The Hall–Kier alpha value is -1.86. The lowest BCUT2D eigenvalue weighted by atomic mass is 10.2. The molecule has 2 heterocycles. The Labute approximate surface area is 145 Å². The van der Waals surface area contributed by atoms with Gasteiger partial charge in [0.25, 0.3) is 0 Å². The molecule has 0 bridgehead atoms. The average molecular weight is 356 g/mol. The number of carbonyl (C=O) groups excluding carboxylic acids is 1. The van der Waals surface area contributed by atoms with Crippen molar-refractivity contribution in [2.24, 2.45) is 0 Å². The lowest BCUT2D eigenvalue weighted by Gasteiger charge is -2.31. The number of hydrogen-bond donors (Lipinski definition) is 1. The van der Waals surface area contributed by atoms with Crippen LogP contribution in [0.3, 0.4) is 0 Å². The van der Waals surface area contributed by atoms with Crippen LogP contribution in [0.4, 0.5) is 0 Å². The smallest absolute Gasteiger partial charge is 0.328 e. The van der Waals surface area contributed by atoms with Crippen molar-refractivity contribution in [2.75, 3.05) is 19.8 Å². The van der Waals surface area contributed by atoms with Crippen molar-refractivity contribution < 1.29 is 19.4 Å². The van der Waals surface area contributed by atoms with Gasteiger partial charge in [0.15, 0.2) is 6.04 Å². The predicted molar refractivity (Wildman–Crippen MR) is 89.9 cm³/mol. The molecule has 1 N–H and O–H groups in total. The van der Waals surface area contributed by atoms with Crippen LogP contribution in [0.1, 0.15) is 31.0 Å². The normalized spacial score (nSPS) is 18.3. The molecule has 132 valence electrons. The van der Waals surface area contributed by atoms with Crippen LogP contribution in [0.5, 0.6) is 0 Å². The van der Waals surface area contributed by atoms with Crippen LogP contribution in [0, 0.1) is 6.92 Å². The van der Waals surface area contributed by atoms with E-state index in [1.165, 1.54) is 11.0 Å². The predicted octanol–water partition coefficient (Wildman–Crippen LogP) is 1.97. The number of hydrogen-bond acceptors (Lipinski definition) is 4. The van der Waals surface area contributed by atoms with Gasteiger partial charge in [0, 0.05) is 24.7 Å². The molecule has 0 saturated carbocycles. The molecular formula is C16H22ClN3O4. The van der Waals surface area contributed by atoms with Gasteiger partial charge >= 0.3 is 5.97 Å². The summed E-state index contributed by atoms with van der Waals surface area (Å²) in [6.07, 6.45) is 4.95. The summed E-state index contributed by atoms with van der Waals surface area (Å²) in [5.74, 6) is -1.44. The molecule has 7 nitrogen and oxygen atoms in total. The van der Waals surface area contributed by atoms with Crippen LogP contribution < -0.4 is 0 Å². The number of aromatic nitrogens is 2. The SMILES string of the molecule is CCCCn1nc(C)c(/C=C/C(=O)N2CCOCC2C(=O)O)c1Cl. The first-order valence-electron chi connectivity index (χ1n) is 7.97. The Bertz CT molecular complexity index is 642. The summed E-state index contributed by atoms with van der Waals surface area (Å²) in [6.45, 7) is 5.23. The summed E-state index contributed by atoms with van der Waals surface area (Å²) < 4.78 is 6.85. The van der Waals surface area contributed by atoms with Gasteiger partial charge in [-0.25, -0.2) is 4.79 Å². The number of halogens is 1. The van der Waals surface area contributed by atoms with Crippen LogP contribution in [-0.2, 0) is 20.9 Å². The summed E-state index contributed by atoms with van der Waals surface area (Å²) >= 11 is 6.32. The maximum Gasteiger partial charge on any atom is 0.328 e. The van der Waals surface area contributed by atoms with E-state index in [1.807, 2.05) is 6.92 Å². The molecule has 1 atom stereocenters. The number of carboxylic acid groups (broad SMARTS) is 1. The highest BCUT2D eigenvalue weighted by Gasteiger charge is 2.31. The molecule has 0 aliphatic carbocycles. The topological polar surface area (TPSA) is 84.7 Å². The molecule has 8 heteroatoms. The fraction of sp³-hybridized carbons (Fsp3) is 0.562. The number of amides is 1. The molecule has 2 rings (SSSR count). The van der Waals surface area contributed by atoms with Crippen LogP contribution >= 0.6 is 11.6 Å². The summed E-state index contributed by atoms with van der Waals surface area (Å²) in [7, 11) is 0. The standard InChI is InChI=1S/C16H22ClN3O4/c1-3-4-7-20-15(17)12(11(2)18-20)5-6-14(21)19-8-9-24-10-13(19)16(22)23/h5-6,13H,3-4,7-10H2,1-2H3,(H,22,23)/b6-5+. The van der Waals surface area contributed by atoms with Crippen LogP contribution in [0.25, 0.3) is 6.08 Å². The Balaban J connectivity index is 2.13. The molecule has 1 aromatic heterocycles. The third-order valence-electron chi connectivity index (χ3n) is 3.92. The number of unbranched alkanes of at least 4 members (excludes halogenated alkanes) is 1.